The summed E-state index contributed by atoms with van der Waals surface area (Å²) in [6.07, 6.45) is 2.11. The van der Waals surface area contributed by atoms with E-state index in [0.717, 1.165) is 25.9 Å². The van der Waals surface area contributed by atoms with Gasteiger partial charge in [-0.1, -0.05) is 26.8 Å². The Labute approximate surface area is 143 Å². The van der Waals surface area contributed by atoms with Crippen LogP contribution in [0.5, 0.6) is 5.75 Å². The number of likely N-dealkylation sites (tertiary alicyclic amines) is 1. The minimum absolute atomic E-state index is 0.00306. The lowest BCUT2D eigenvalue weighted by Crippen LogP contribution is -2.45. The van der Waals surface area contributed by atoms with E-state index < -0.39 is 6.04 Å². The second-order valence-corrected chi connectivity index (χ2v) is 7.24. The summed E-state index contributed by atoms with van der Waals surface area (Å²) in [7, 11) is 0. The zero-order valence-electron chi connectivity index (χ0n) is 14.7. The number of carbonyl (C=O) groups excluding carboxylic acids is 2. The third-order valence-corrected chi connectivity index (χ3v) is 4.14. The van der Waals surface area contributed by atoms with Crippen molar-refractivity contribution in [3.63, 3.8) is 0 Å². The molecule has 0 radical (unpaired) electrons. The monoisotopic (exact) mass is 333 g/mol. The Bertz CT molecular complexity index is 589. The van der Waals surface area contributed by atoms with E-state index in [4.69, 9.17) is 10.5 Å². The lowest BCUT2D eigenvalue weighted by Gasteiger charge is -2.25. The van der Waals surface area contributed by atoms with Crippen molar-refractivity contribution in [2.45, 2.75) is 39.7 Å². The molecule has 1 saturated heterocycles. The predicted molar refractivity (Wildman–Crippen MR) is 93.8 cm³/mol. The van der Waals surface area contributed by atoms with Gasteiger partial charge in [0.05, 0.1) is 6.04 Å². The number of nitrogens with zero attached hydrogens (tertiary/aromatic N) is 1. The van der Waals surface area contributed by atoms with Gasteiger partial charge in [-0.2, -0.15) is 0 Å². The van der Waals surface area contributed by atoms with Crippen molar-refractivity contribution >= 4 is 17.5 Å². The summed E-state index contributed by atoms with van der Waals surface area (Å²) in [6.45, 7) is 7.38. The fourth-order valence-electron chi connectivity index (χ4n) is 2.48. The highest BCUT2D eigenvalue weighted by molar-refractivity contribution is 5.95. The number of hydrogen-bond acceptors (Lipinski definition) is 4. The van der Waals surface area contributed by atoms with Crippen molar-refractivity contribution < 1.29 is 14.3 Å². The molecule has 1 aliphatic heterocycles. The number of ether oxygens (including phenoxy) is 1. The number of rotatable bonds is 5. The number of amides is 2. The third kappa shape index (κ3) is 4.96. The van der Waals surface area contributed by atoms with E-state index in [1.807, 2.05) is 25.7 Å². The summed E-state index contributed by atoms with van der Waals surface area (Å²) in [5.74, 6) is 0.300. The van der Waals surface area contributed by atoms with Gasteiger partial charge in [0.25, 0.3) is 5.91 Å². The highest BCUT2D eigenvalue weighted by atomic mass is 16.5. The van der Waals surface area contributed by atoms with Gasteiger partial charge in [-0.05, 0) is 30.4 Å². The van der Waals surface area contributed by atoms with Gasteiger partial charge in [-0.3, -0.25) is 9.59 Å². The van der Waals surface area contributed by atoms with Gasteiger partial charge in [0.2, 0.25) is 5.91 Å². The smallest absolute Gasteiger partial charge is 0.260 e. The molecule has 0 saturated carbocycles. The third-order valence-electron chi connectivity index (χ3n) is 4.14. The number of nitrogens with two attached hydrogens (primary N) is 1. The Kier molecular flexibility index (Phi) is 5.83. The lowest BCUT2D eigenvalue weighted by molar-refractivity contribution is -0.132. The van der Waals surface area contributed by atoms with E-state index in [2.05, 4.69) is 5.32 Å². The Morgan fingerprint density at radius 2 is 1.96 bits per heavy atom. The largest absolute Gasteiger partial charge is 0.484 e. The maximum absolute atomic E-state index is 12.2. The molecule has 1 fully saturated rings. The molecule has 1 aromatic rings. The van der Waals surface area contributed by atoms with Crippen LogP contribution in [0, 0.1) is 5.41 Å². The summed E-state index contributed by atoms with van der Waals surface area (Å²) in [5, 5.41) is 2.79. The van der Waals surface area contributed by atoms with Gasteiger partial charge < -0.3 is 20.7 Å². The number of benzene rings is 1. The van der Waals surface area contributed by atoms with Crippen LogP contribution in [0.2, 0.25) is 0 Å². The molecule has 2 rings (SSSR count). The first kappa shape index (κ1) is 18.3. The lowest BCUT2D eigenvalue weighted by atomic mass is 9.87. The normalized spacial score (nSPS) is 15.9. The average molecular weight is 333 g/mol. The van der Waals surface area contributed by atoms with Crippen LogP contribution in [-0.2, 0) is 9.59 Å². The Morgan fingerprint density at radius 3 is 2.58 bits per heavy atom. The summed E-state index contributed by atoms with van der Waals surface area (Å²) >= 11 is 0. The molecule has 1 atom stereocenters. The van der Waals surface area contributed by atoms with E-state index in [0.29, 0.717) is 11.4 Å². The molecule has 1 heterocycles. The van der Waals surface area contributed by atoms with E-state index in [1.165, 1.54) is 0 Å². The second kappa shape index (κ2) is 7.66. The molecule has 24 heavy (non-hydrogen) atoms. The average Bonchev–Trinajstić information content (AvgIpc) is 3.05. The molecule has 0 bridgehead atoms. The van der Waals surface area contributed by atoms with E-state index >= 15 is 0 Å². The summed E-state index contributed by atoms with van der Waals surface area (Å²) in [4.78, 5) is 26.0. The number of anilines is 1. The summed E-state index contributed by atoms with van der Waals surface area (Å²) < 4.78 is 5.56. The molecule has 0 aromatic heterocycles. The Hall–Kier alpha value is -2.08. The number of carbonyl (C=O) groups is 2. The highest BCUT2D eigenvalue weighted by Crippen LogP contribution is 2.21. The molecule has 132 valence electrons. The van der Waals surface area contributed by atoms with Crippen molar-refractivity contribution in [1.82, 2.24) is 4.90 Å². The summed E-state index contributed by atoms with van der Waals surface area (Å²) in [5.41, 5.74) is 6.24. The van der Waals surface area contributed by atoms with Crippen LogP contribution in [0.15, 0.2) is 24.3 Å². The second-order valence-electron chi connectivity index (χ2n) is 7.24. The quantitative estimate of drug-likeness (QED) is 0.863. The van der Waals surface area contributed by atoms with Crippen molar-refractivity contribution in [3.8, 4) is 5.75 Å². The highest BCUT2D eigenvalue weighted by Gasteiger charge is 2.27. The van der Waals surface area contributed by atoms with E-state index in [1.54, 1.807) is 24.3 Å². The molecular formula is C18H27N3O3. The minimum atomic E-state index is -0.612. The first-order valence-electron chi connectivity index (χ1n) is 8.34. The van der Waals surface area contributed by atoms with Crippen molar-refractivity contribution in [1.29, 1.82) is 0 Å². The first-order chi connectivity index (χ1) is 11.3. The van der Waals surface area contributed by atoms with Crippen LogP contribution in [0.3, 0.4) is 0 Å². The molecule has 3 N–H and O–H groups in total. The zero-order valence-corrected chi connectivity index (χ0v) is 14.7. The molecule has 0 spiro atoms. The van der Waals surface area contributed by atoms with Gasteiger partial charge in [0.1, 0.15) is 5.75 Å². The van der Waals surface area contributed by atoms with Gasteiger partial charge in [0, 0.05) is 24.8 Å². The van der Waals surface area contributed by atoms with E-state index in [-0.39, 0.29) is 23.8 Å². The van der Waals surface area contributed by atoms with Gasteiger partial charge in [0.15, 0.2) is 6.61 Å². The van der Waals surface area contributed by atoms with Gasteiger partial charge in [-0.15, -0.1) is 0 Å². The standard InChI is InChI=1S/C18H27N3O3/c1-18(2,3)16(19)17(23)20-13-7-6-8-14(11-13)24-12-15(22)21-9-4-5-10-21/h6-8,11,16H,4-5,9-10,12,19H2,1-3H3,(H,20,23)/t16-/m1/s1. The molecular weight excluding hydrogens is 306 g/mol. The molecule has 6 heteroatoms. The molecule has 6 nitrogen and oxygen atoms in total. The maximum Gasteiger partial charge on any atom is 0.260 e. The van der Waals surface area contributed by atoms with Crippen LogP contribution in [0.4, 0.5) is 5.69 Å². The van der Waals surface area contributed by atoms with Crippen LogP contribution < -0.4 is 15.8 Å². The van der Waals surface area contributed by atoms with E-state index in [9.17, 15) is 9.59 Å². The SMILES string of the molecule is CC(C)(C)[C@H](N)C(=O)Nc1cccc(OCC(=O)N2CCCC2)c1. The fourth-order valence-corrected chi connectivity index (χ4v) is 2.48. The number of nitrogens with one attached hydrogen (secondary N) is 1. The first-order valence-corrected chi connectivity index (χ1v) is 8.34. The zero-order chi connectivity index (χ0) is 17.7. The predicted octanol–water partition coefficient (Wildman–Crippen LogP) is 2.00. The maximum atomic E-state index is 12.2. The van der Waals surface area contributed by atoms with Crippen molar-refractivity contribution in [3.05, 3.63) is 24.3 Å². The Balaban J connectivity index is 1.91. The Morgan fingerprint density at radius 1 is 1.29 bits per heavy atom. The molecule has 1 aromatic carbocycles. The van der Waals surface area contributed by atoms with Gasteiger partial charge >= 0.3 is 0 Å². The van der Waals surface area contributed by atoms with Crippen LogP contribution in [-0.4, -0.2) is 42.5 Å². The number of hydrogen-bond donors (Lipinski definition) is 2. The van der Waals surface area contributed by atoms with Crippen LogP contribution in [0.1, 0.15) is 33.6 Å². The van der Waals surface area contributed by atoms with Crippen LogP contribution in [0.25, 0.3) is 0 Å². The van der Waals surface area contributed by atoms with Crippen molar-refractivity contribution in [2.75, 3.05) is 25.0 Å². The summed E-state index contributed by atoms with van der Waals surface area (Å²) in [6, 6.07) is 6.39. The molecule has 1 aliphatic rings. The fraction of sp³-hybridized carbons (Fsp3) is 0.556. The van der Waals surface area contributed by atoms with Crippen molar-refractivity contribution in [2.24, 2.45) is 11.1 Å². The minimum Gasteiger partial charge on any atom is -0.484 e. The van der Waals surface area contributed by atoms with Gasteiger partial charge in [-0.25, -0.2) is 0 Å². The molecule has 2 amide bonds. The molecule has 0 aliphatic carbocycles. The molecule has 0 unspecified atom stereocenters. The topological polar surface area (TPSA) is 84.7 Å². The van der Waals surface area contributed by atoms with Crippen LogP contribution >= 0.6 is 0 Å².